The second kappa shape index (κ2) is 8.82. The minimum Gasteiger partial charge on any atom is -0.473 e. The predicted octanol–water partition coefficient (Wildman–Crippen LogP) is 6.16. The van der Waals surface area contributed by atoms with Crippen molar-refractivity contribution in [3.8, 4) is 0 Å². The normalized spacial score (nSPS) is 9.19. The molecule has 0 bridgehead atoms. The van der Waals surface area contributed by atoms with Gasteiger partial charge in [0.25, 0.3) is 0 Å². The first-order valence-electron chi connectivity index (χ1n) is 6.45. The lowest BCUT2D eigenvalue weighted by molar-refractivity contribution is 0.567. The largest absolute Gasteiger partial charge is 0.473 e. The van der Waals surface area contributed by atoms with Gasteiger partial charge in [0, 0.05) is 4.47 Å². The number of hydrogen-bond acceptors (Lipinski definition) is 2. The monoisotopic (exact) mass is 342 g/mol. The third-order valence-corrected chi connectivity index (χ3v) is 3.28. The molecule has 0 fully saturated rings. The summed E-state index contributed by atoms with van der Waals surface area (Å²) in [5, 5.41) is 2.55. The molecule has 106 valence electrons. The maximum absolute atomic E-state index is 4.58. The van der Waals surface area contributed by atoms with Gasteiger partial charge in [0.2, 0.25) is 0 Å². The van der Waals surface area contributed by atoms with Gasteiger partial charge < -0.3 is 8.83 Å². The molecular formula is C18H15BrO2. The van der Waals surface area contributed by atoms with E-state index in [1.54, 1.807) is 25.1 Å². The van der Waals surface area contributed by atoms with E-state index in [9.17, 15) is 0 Å². The lowest BCUT2D eigenvalue weighted by Crippen LogP contribution is -1.71. The first-order valence-corrected chi connectivity index (χ1v) is 7.25. The molecule has 0 amide bonds. The van der Waals surface area contributed by atoms with Crippen LogP contribution in [0.4, 0.5) is 0 Å². The summed E-state index contributed by atoms with van der Waals surface area (Å²) in [4.78, 5) is 0. The van der Waals surface area contributed by atoms with Gasteiger partial charge in [0.15, 0.2) is 0 Å². The van der Waals surface area contributed by atoms with Crippen molar-refractivity contribution in [3.63, 3.8) is 0 Å². The predicted molar refractivity (Wildman–Crippen MR) is 89.1 cm³/mol. The fourth-order valence-electron chi connectivity index (χ4n) is 1.64. The zero-order chi connectivity index (χ0) is 14.8. The molecule has 0 atom stereocenters. The first kappa shape index (κ1) is 15.1. The fraction of sp³-hybridized carbons (Fsp3) is 0. The van der Waals surface area contributed by atoms with E-state index >= 15 is 0 Å². The Bertz CT molecular complexity index is 650. The molecule has 0 unspecified atom stereocenters. The molecule has 0 aliphatic carbocycles. The van der Waals surface area contributed by atoms with Crippen molar-refractivity contribution in [2.75, 3.05) is 0 Å². The summed E-state index contributed by atoms with van der Waals surface area (Å²) in [6, 6.07) is 21.9. The SMILES string of the molecule is Brc1cccc2ccccc12.c1ccoc1.c1ccoc1. The summed E-state index contributed by atoms with van der Waals surface area (Å²) >= 11 is 3.50. The third kappa shape index (κ3) is 5.32. The van der Waals surface area contributed by atoms with Gasteiger partial charge in [-0.2, -0.15) is 0 Å². The van der Waals surface area contributed by atoms with E-state index in [0.29, 0.717) is 0 Å². The molecule has 0 N–H and O–H groups in total. The van der Waals surface area contributed by atoms with E-state index in [4.69, 9.17) is 0 Å². The van der Waals surface area contributed by atoms with Crippen LogP contribution < -0.4 is 0 Å². The molecule has 3 heteroatoms. The van der Waals surface area contributed by atoms with Crippen molar-refractivity contribution in [2.45, 2.75) is 0 Å². The van der Waals surface area contributed by atoms with E-state index in [1.807, 2.05) is 36.4 Å². The molecule has 4 aromatic rings. The zero-order valence-corrected chi connectivity index (χ0v) is 12.9. The molecule has 0 aliphatic rings. The Morgan fingerprint density at radius 3 is 1.57 bits per heavy atom. The summed E-state index contributed by atoms with van der Waals surface area (Å²) in [6.07, 6.45) is 6.50. The molecule has 0 saturated heterocycles. The van der Waals surface area contributed by atoms with Gasteiger partial charge in [-0.15, -0.1) is 0 Å². The van der Waals surface area contributed by atoms with Crippen LogP contribution in [0, 0.1) is 0 Å². The van der Waals surface area contributed by atoms with Crippen molar-refractivity contribution in [2.24, 2.45) is 0 Å². The maximum atomic E-state index is 4.58. The van der Waals surface area contributed by atoms with Gasteiger partial charge in [-0.25, -0.2) is 0 Å². The second-order valence-electron chi connectivity index (χ2n) is 4.05. The molecule has 2 aromatic heterocycles. The summed E-state index contributed by atoms with van der Waals surface area (Å²) in [5.74, 6) is 0. The van der Waals surface area contributed by atoms with E-state index in [0.717, 1.165) is 4.47 Å². The topological polar surface area (TPSA) is 26.3 Å². The quantitative estimate of drug-likeness (QED) is 0.382. The number of benzene rings is 2. The molecule has 4 rings (SSSR count). The zero-order valence-electron chi connectivity index (χ0n) is 11.4. The van der Waals surface area contributed by atoms with Crippen LogP contribution in [0.2, 0.25) is 0 Å². The Morgan fingerprint density at radius 1 is 0.571 bits per heavy atom. The van der Waals surface area contributed by atoms with Gasteiger partial charge in [0.05, 0.1) is 25.1 Å². The van der Waals surface area contributed by atoms with Gasteiger partial charge >= 0.3 is 0 Å². The summed E-state index contributed by atoms with van der Waals surface area (Å²) in [7, 11) is 0. The molecule has 0 spiro atoms. The van der Waals surface area contributed by atoms with Gasteiger partial charge in [-0.1, -0.05) is 52.3 Å². The number of hydrogen-bond donors (Lipinski definition) is 0. The van der Waals surface area contributed by atoms with Crippen molar-refractivity contribution in [3.05, 3.63) is 96.3 Å². The van der Waals surface area contributed by atoms with Crippen LogP contribution >= 0.6 is 15.9 Å². The van der Waals surface area contributed by atoms with E-state index in [1.165, 1.54) is 10.8 Å². The number of furan rings is 2. The van der Waals surface area contributed by atoms with Crippen molar-refractivity contribution in [1.82, 2.24) is 0 Å². The number of rotatable bonds is 0. The molecular weight excluding hydrogens is 328 g/mol. The molecule has 21 heavy (non-hydrogen) atoms. The van der Waals surface area contributed by atoms with Crippen molar-refractivity contribution in [1.29, 1.82) is 0 Å². The second-order valence-corrected chi connectivity index (χ2v) is 4.90. The summed E-state index contributed by atoms with van der Waals surface area (Å²) in [6.45, 7) is 0. The lowest BCUT2D eigenvalue weighted by Gasteiger charge is -1.97. The van der Waals surface area contributed by atoms with E-state index in [2.05, 4.69) is 55.1 Å². The smallest absolute Gasteiger partial charge is 0.0902 e. The Hall–Kier alpha value is -2.26. The fourth-order valence-corrected chi connectivity index (χ4v) is 2.15. The molecule has 0 radical (unpaired) electrons. The Balaban J connectivity index is 0.000000134. The lowest BCUT2D eigenvalue weighted by atomic mass is 10.1. The standard InChI is InChI=1S/C10H7Br.2C4H4O/c11-10-7-3-5-8-4-1-2-6-9(8)10;2*1-2-4-5-3-1/h1-7H;2*1-4H. The van der Waals surface area contributed by atoms with Crippen LogP contribution in [0.1, 0.15) is 0 Å². The first-order chi connectivity index (χ1) is 10.4. The van der Waals surface area contributed by atoms with Gasteiger partial charge in [-0.05, 0) is 41.1 Å². The minimum atomic E-state index is 1.16. The summed E-state index contributed by atoms with van der Waals surface area (Å²) < 4.78 is 10.3. The van der Waals surface area contributed by atoms with Crippen LogP contribution in [0.3, 0.4) is 0 Å². The molecule has 2 nitrogen and oxygen atoms in total. The maximum Gasteiger partial charge on any atom is 0.0902 e. The van der Waals surface area contributed by atoms with E-state index in [-0.39, 0.29) is 0 Å². The van der Waals surface area contributed by atoms with Gasteiger partial charge in [0.1, 0.15) is 0 Å². The van der Waals surface area contributed by atoms with Crippen LogP contribution in [0.5, 0.6) is 0 Å². The van der Waals surface area contributed by atoms with Gasteiger partial charge in [-0.3, -0.25) is 0 Å². The van der Waals surface area contributed by atoms with Crippen LogP contribution in [-0.4, -0.2) is 0 Å². The highest BCUT2D eigenvalue weighted by molar-refractivity contribution is 9.10. The highest BCUT2D eigenvalue weighted by Gasteiger charge is 1.93. The van der Waals surface area contributed by atoms with E-state index < -0.39 is 0 Å². The minimum absolute atomic E-state index is 1.16. The highest BCUT2D eigenvalue weighted by atomic mass is 79.9. The Morgan fingerprint density at radius 2 is 1.10 bits per heavy atom. The van der Waals surface area contributed by atoms with Crippen molar-refractivity contribution < 1.29 is 8.83 Å². The molecule has 2 aromatic carbocycles. The van der Waals surface area contributed by atoms with Crippen molar-refractivity contribution >= 4 is 26.7 Å². The molecule has 2 heterocycles. The number of fused-ring (bicyclic) bond motifs is 1. The highest BCUT2D eigenvalue weighted by Crippen LogP contribution is 2.22. The van der Waals surface area contributed by atoms with Crippen LogP contribution in [-0.2, 0) is 0 Å². The van der Waals surface area contributed by atoms with Crippen LogP contribution in [0.25, 0.3) is 10.8 Å². The third-order valence-electron chi connectivity index (χ3n) is 2.59. The average Bonchev–Trinajstić information content (AvgIpc) is 3.26. The molecule has 0 saturated carbocycles. The number of halogens is 1. The summed E-state index contributed by atoms with van der Waals surface area (Å²) in [5.41, 5.74) is 0. The Labute approximate surface area is 132 Å². The Kier molecular flexibility index (Phi) is 6.36. The molecule has 0 aliphatic heterocycles. The average molecular weight is 343 g/mol. The van der Waals surface area contributed by atoms with Crippen LogP contribution in [0.15, 0.2) is 105 Å².